The van der Waals surface area contributed by atoms with E-state index in [0.29, 0.717) is 12.1 Å². The number of piperidine rings is 1. The lowest BCUT2D eigenvalue weighted by molar-refractivity contribution is -0.274. The van der Waals surface area contributed by atoms with Crippen LogP contribution in [-0.4, -0.2) is 34.6 Å². The lowest BCUT2D eigenvalue weighted by atomic mass is 9.89. The Morgan fingerprint density at radius 1 is 1.00 bits per heavy atom. The summed E-state index contributed by atoms with van der Waals surface area (Å²) in [4.78, 5) is 19.8. The van der Waals surface area contributed by atoms with Crippen molar-refractivity contribution < 1.29 is 22.7 Å². The Morgan fingerprint density at radius 3 is 2.43 bits per heavy atom. The van der Waals surface area contributed by atoms with Gasteiger partial charge in [0.15, 0.2) is 5.78 Å². The van der Waals surface area contributed by atoms with Gasteiger partial charge in [-0.3, -0.25) is 9.20 Å². The van der Waals surface area contributed by atoms with Crippen LogP contribution in [0.2, 0.25) is 5.02 Å². The molecule has 0 atom stereocenters. The molecule has 0 amide bonds. The SMILES string of the molecule is Cc1ccn2c(C(=O)CCCCCc3ccc(N4CCC(c5ccc(OC(F)(F)F)cc5)CC4)c(Cl)c3)c(C)nc2c1. The zero-order chi connectivity index (χ0) is 29.9. The molecule has 0 radical (unpaired) electrons. The molecule has 1 fully saturated rings. The molecule has 0 aliphatic carbocycles. The molecule has 9 heteroatoms. The second-order valence-corrected chi connectivity index (χ2v) is 11.5. The predicted molar refractivity (Wildman–Crippen MR) is 160 cm³/mol. The first-order valence-electron chi connectivity index (χ1n) is 14.4. The maximum absolute atomic E-state index is 12.9. The number of anilines is 1. The Hall–Kier alpha value is -3.52. The topological polar surface area (TPSA) is 46.8 Å². The first-order valence-corrected chi connectivity index (χ1v) is 14.8. The molecular formula is C33H35ClF3N3O2. The fraction of sp³-hybridized carbons (Fsp3) is 0.394. The van der Waals surface area contributed by atoms with Crippen molar-refractivity contribution in [3.8, 4) is 5.75 Å². The molecule has 42 heavy (non-hydrogen) atoms. The number of hydrogen-bond acceptors (Lipinski definition) is 4. The number of alkyl halides is 3. The van der Waals surface area contributed by atoms with Crippen LogP contribution >= 0.6 is 11.6 Å². The number of unbranched alkanes of at least 4 members (excludes halogenated alkanes) is 2. The van der Waals surface area contributed by atoms with Crippen LogP contribution in [0.15, 0.2) is 60.8 Å². The monoisotopic (exact) mass is 597 g/mol. The smallest absolute Gasteiger partial charge is 0.406 e. The molecular weight excluding hydrogens is 563 g/mol. The number of rotatable bonds is 10. The number of imidazole rings is 1. The van der Waals surface area contributed by atoms with Gasteiger partial charge in [0.05, 0.1) is 16.4 Å². The average Bonchev–Trinajstić information content (AvgIpc) is 3.27. The second-order valence-electron chi connectivity index (χ2n) is 11.1. The summed E-state index contributed by atoms with van der Waals surface area (Å²) in [6.45, 7) is 5.56. The van der Waals surface area contributed by atoms with Gasteiger partial charge in [-0.2, -0.15) is 0 Å². The highest BCUT2D eigenvalue weighted by Crippen LogP contribution is 2.35. The van der Waals surface area contributed by atoms with E-state index in [9.17, 15) is 18.0 Å². The molecule has 5 nitrogen and oxygen atoms in total. The summed E-state index contributed by atoms with van der Waals surface area (Å²) in [7, 11) is 0. The molecule has 0 saturated carbocycles. The van der Waals surface area contributed by atoms with Crippen molar-refractivity contribution in [1.29, 1.82) is 0 Å². The molecule has 1 aliphatic rings. The van der Waals surface area contributed by atoms with Gasteiger partial charge in [0, 0.05) is 25.7 Å². The molecule has 2 aromatic heterocycles. The van der Waals surface area contributed by atoms with E-state index in [1.54, 1.807) is 12.1 Å². The summed E-state index contributed by atoms with van der Waals surface area (Å²) in [5.41, 5.74) is 6.61. The number of nitrogens with zero attached hydrogens (tertiary/aromatic N) is 3. The molecule has 0 spiro atoms. The van der Waals surface area contributed by atoms with E-state index in [-0.39, 0.29) is 17.5 Å². The van der Waals surface area contributed by atoms with E-state index < -0.39 is 6.36 Å². The van der Waals surface area contributed by atoms with Crippen molar-refractivity contribution in [2.24, 2.45) is 0 Å². The normalized spacial score (nSPS) is 14.5. The maximum Gasteiger partial charge on any atom is 0.573 e. The largest absolute Gasteiger partial charge is 0.573 e. The Kier molecular flexibility index (Phi) is 9.11. The highest BCUT2D eigenvalue weighted by atomic mass is 35.5. The molecule has 4 aromatic rings. The van der Waals surface area contributed by atoms with Gasteiger partial charge in [-0.15, -0.1) is 13.2 Å². The zero-order valence-electron chi connectivity index (χ0n) is 23.9. The number of ketones is 1. The van der Waals surface area contributed by atoms with Crippen molar-refractivity contribution in [2.45, 2.75) is 71.1 Å². The van der Waals surface area contributed by atoms with E-state index in [0.717, 1.165) is 84.8 Å². The molecule has 3 heterocycles. The summed E-state index contributed by atoms with van der Waals surface area (Å²) < 4.78 is 43.2. The van der Waals surface area contributed by atoms with Gasteiger partial charge in [0.1, 0.15) is 17.1 Å². The Labute approximate surface area is 249 Å². The molecule has 222 valence electrons. The van der Waals surface area contributed by atoms with E-state index in [2.05, 4.69) is 26.8 Å². The summed E-state index contributed by atoms with van der Waals surface area (Å²) in [5, 5.41) is 0.730. The van der Waals surface area contributed by atoms with Crippen molar-refractivity contribution in [3.05, 3.63) is 93.9 Å². The van der Waals surface area contributed by atoms with E-state index in [1.807, 2.05) is 42.6 Å². The Morgan fingerprint density at radius 2 is 1.74 bits per heavy atom. The van der Waals surface area contributed by atoms with E-state index in [4.69, 9.17) is 11.6 Å². The van der Waals surface area contributed by atoms with Gasteiger partial charge in [-0.05, 0) is 105 Å². The molecule has 0 unspecified atom stereocenters. The third kappa shape index (κ3) is 7.27. The van der Waals surface area contributed by atoms with Crippen molar-refractivity contribution in [1.82, 2.24) is 9.38 Å². The Bertz CT molecular complexity index is 1540. The third-order valence-electron chi connectivity index (χ3n) is 8.02. The summed E-state index contributed by atoms with van der Waals surface area (Å²) in [5.74, 6) is 0.219. The van der Waals surface area contributed by atoms with Gasteiger partial charge < -0.3 is 9.64 Å². The van der Waals surface area contributed by atoms with Crippen LogP contribution in [0.25, 0.3) is 5.65 Å². The zero-order valence-corrected chi connectivity index (χ0v) is 24.6. The number of fused-ring (bicyclic) bond motifs is 1. The van der Waals surface area contributed by atoms with Crippen LogP contribution in [0.5, 0.6) is 5.75 Å². The number of halogens is 4. The molecule has 0 bridgehead atoms. The maximum atomic E-state index is 12.9. The average molecular weight is 598 g/mol. The predicted octanol–water partition coefficient (Wildman–Crippen LogP) is 8.87. The van der Waals surface area contributed by atoms with Gasteiger partial charge in [0.2, 0.25) is 0 Å². The second kappa shape index (κ2) is 12.8. The van der Waals surface area contributed by atoms with Crippen LogP contribution in [-0.2, 0) is 6.42 Å². The first-order chi connectivity index (χ1) is 20.1. The van der Waals surface area contributed by atoms with Crippen molar-refractivity contribution >= 4 is 28.7 Å². The van der Waals surface area contributed by atoms with Gasteiger partial charge in [0.25, 0.3) is 0 Å². The number of ether oxygens (including phenoxy) is 1. The number of aryl methyl sites for hydroxylation is 3. The minimum atomic E-state index is -4.68. The van der Waals surface area contributed by atoms with Crippen LogP contribution in [0, 0.1) is 13.8 Å². The van der Waals surface area contributed by atoms with E-state index >= 15 is 0 Å². The lowest BCUT2D eigenvalue weighted by Crippen LogP contribution is -2.33. The first kappa shape index (κ1) is 30.0. The van der Waals surface area contributed by atoms with Gasteiger partial charge in [-0.1, -0.05) is 36.2 Å². The lowest BCUT2D eigenvalue weighted by Gasteiger charge is -2.34. The number of carbonyl (C=O) groups is 1. The fourth-order valence-electron chi connectivity index (χ4n) is 5.87. The van der Waals surface area contributed by atoms with Crippen LogP contribution < -0.4 is 9.64 Å². The number of aromatic nitrogens is 2. The van der Waals surface area contributed by atoms with Crippen LogP contribution in [0.1, 0.15) is 77.3 Å². The van der Waals surface area contributed by atoms with Crippen molar-refractivity contribution in [3.63, 3.8) is 0 Å². The van der Waals surface area contributed by atoms with Gasteiger partial charge >= 0.3 is 6.36 Å². The van der Waals surface area contributed by atoms with E-state index in [1.165, 1.54) is 17.7 Å². The quantitative estimate of drug-likeness (QED) is 0.135. The molecule has 2 aromatic carbocycles. The van der Waals surface area contributed by atoms with Crippen LogP contribution in [0.4, 0.5) is 18.9 Å². The summed E-state index contributed by atoms with van der Waals surface area (Å²) in [6.07, 6.45) is 3.20. The summed E-state index contributed by atoms with van der Waals surface area (Å²) >= 11 is 6.70. The van der Waals surface area contributed by atoms with Crippen LogP contribution in [0.3, 0.4) is 0 Å². The molecule has 1 saturated heterocycles. The summed E-state index contributed by atoms with van der Waals surface area (Å²) in [6, 6.07) is 16.4. The Balaban J connectivity index is 1.07. The molecule has 5 rings (SSSR count). The number of Topliss-reactive ketones (excluding diaryl/α,β-unsaturated/α-hetero) is 1. The number of hydrogen-bond donors (Lipinski definition) is 0. The fourth-order valence-corrected chi connectivity index (χ4v) is 6.19. The minimum absolute atomic E-state index is 0.132. The highest BCUT2D eigenvalue weighted by Gasteiger charge is 2.31. The number of benzene rings is 2. The number of pyridine rings is 1. The minimum Gasteiger partial charge on any atom is -0.406 e. The standard InChI is InChI=1S/C33H35ClF3N3O2/c1-22-14-19-40-31(20-22)38-23(2)32(40)30(41)7-5-3-4-6-24-8-13-29(28(34)21-24)39-17-15-26(16-18-39)25-9-11-27(12-10-25)42-33(35,36)37/h8-14,19-21,26H,3-7,15-18H2,1-2H3. The molecule has 0 N–H and O–H groups in total. The van der Waals surface area contributed by atoms with Gasteiger partial charge in [-0.25, -0.2) is 4.98 Å². The molecule has 1 aliphatic heterocycles. The third-order valence-corrected chi connectivity index (χ3v) is 8.32. The van der Waals surface area contributed by atoms with Crippen molar-refractivity contribution in [2.75, 3.05) is 18.0 Å². The number of carbonyl (C=O) groups excluding carboxylic acids is 1. The highest BCUT2D eigenvalue weighted by molar-refractivity contribution is 6.33.